The predicted octanol–water partition coefficient (Wildman–Crippen LogP) is 1.50. The van der Waals surface area contributed by atoms with E-state index in [1.165, 1.54) is 18.2 Å². The van der Waals surface area contributed by atoms with E-state index in [0.717, 1.165) is 25.8 Å². The summed E-state index contributed by atoms with van der Waals surface area (Å²) in [4.78, 5) is 25.2. The van der Waals surface area contributed by atoms with Gasteiger partial charge in [-0.25, -0.2) is 0 Å². The van der Waals surface area contributed by atoms with E-state index in [4.69, 9.17) is 0 Å². The maximum absolute atomic E-state index is 11.9. The van der Waals surface area contributed by atoms with Crippen molar-refractivity contribution in [3.05, 3.63) is 35.4 Å². The Kier molecular flexibility index (Phi) is 5.95. The number of carbonyl (C=O) groups is 2. The number of carbonyl (C=O) groups excluding carboxylic acids is 2. The molecule has 1 amide bonds. The molecule has 22 heavy (non-hydrogen) atoms. The van der Waals surface area contributed by atoms with Crippen LogP contribution in [0.15, 0.2) is 24.3 Å². The van der Waals surface area contributed by atoms with Crippen LogP contribution in [-0.2, 0) is 27.3 Å². The predicted molar refractivity (Wildman–Crippen MR) is 84.3 cm³/mol. The summed E-state index contributed by atoms with van der Waals surface area (Å²) in [6, 6.07) is 9.01. The van der Waals surface area contributed by atoms with Crippen molar-refractivity contribution >= 4 is 11.9 Å². The molecule has 1 N–H and O–H groups in total. The lowest BCUT2D eigenvalue weighted by molar-refractivity contribution is -0.141. The quantitative estimate of drug-likeness (QED) is 0.740. The number of nitrogens with one attached hydrogen (secondary N) is 1. The maximum atomic E-state index is 11.9. The van der Waals surface area contributed by atoms with Gasteiger partial charge in [0.2, 0.25) is 5.91 Å². The fraction of sp³-hybridized carbons (Fsp3) is 0.529. The van der Waals surface area contributed by atoms with Crippen molar-refractivity contribution in [2.75, 3.05) is 20.2 Å². The molecule has 0 saturated heterocycles. The van der Waals surface area contributed by atoms with Crippen LogP contribution >= 0.6 is 0 Å². The number of hydrogen-bond acceptors (Lipinski definition) is 4. The molecule has 1 aromatic rings. The second kappa shape index (κ2) is 7.94. The smallest absolute Gasteiger partial charge is 0.325 e. The summed E-state index contributed by atoms with van der Waals surface area (Å²) in [6.45, 7) is 3.15. The molecular formula is C17H24N2O3. The van der Waals surface area contributed by atoms with Gasteiger partial charge in [-0.05, 0) is 30.4 Å². The molecular weight excluding hydrogens is 280 g/mol. The van der Waals surface area contributed by atoms with Crippen molar-refractivity contribution in [2.45, 2.75) is 38.8 Å². The van der Waals surface area contributed by atoms with Crippen molar-refractivity contribution in [3.63, 3.8) is 0 Å². The van der Waals surface area contributed by atoms with Crippen LogP contribution in [0.2, 0.25) is 0 Å². The first kappa shape index (κ1) is 16.5. The lowest BCUT2D eigenvalue weighted by Gasteiger charge is -2.21. The third-order valence-corrected chi connectivity index (χ3v) is 3.88. The number of rotatable bonds is 8. The van der Waals surface area contributed by atoms with Gasteiger partial charge in [-0.15, -0.1) is 0 Å². The summed E-state index contributed by atoms with van der Waals surface area (Å²) in [6.07, 6.45) is 3.30. The molecule has 5 nitrogen and oxygen atoms in total. The van der Waals surface area contributed by atoms with Crippen molar-refractivity contribution < 1.29 is 14.3 Å². The monoisotopic (exact) mass is 304 g/mol. The first-order valence-corrected chi connectivity index (χ1v) is 7.77. The molecule has 0 atom stereocenters. The molecule has 0 spiro atoms. The Morgan fingerprint density at radius 2 is 1.86 bits per heavy atom. The lowest BCUT2D eigenvalue weighted by Crippen LogP contribution is -2.40. The highest BCUT2D eigenvalue weighted by molar-refractivity contribution is 5.83. The van der Waals surface area contributed by atoms with Crippen LogP contribution < -0.4 is 5.32 Å². The lowest BCUT2D eigenvalue weighted by atomic mass is 10.1. The minimum atomic E-state index is -0.429. The van der Waals surface area contributed by atoms with Gasteiger partial charge in [0, 0.05) is 12.6 Å². The molecule has 0 unspecified atom stereocenters. The van der Waals surface area contributed by atoms with Gasteiger partial charge in [0.1, 0.15) is 6.54 Å². The first-order valence-electron chi connectivity index (χ1n) is 7.77. The second-order valence-electron chi connectivity index (χ2n) is 5.66. The van der Waals surface area contributed by atoms with E-state index in [1.807, 2.05) is 0 Å². The molecule has 1 aliphatic carbocycles. The average molecular weight is 304 g/mol. The minimum absolute atomic E-state index is 0.0704. The molecule has 0 aliphatic heterocycles. The summed E-state index contributed by atoms with van der Waals surface area (Å²) in [5.41, 5.74) is 2.53. The van der Waals surface area contributed by atoms with E-state index >= 15 is 0 Å². The Morgan fingerprint density at radius 3 is 2.41 bits per heavy atom. The molecule has 2 rings (SSSR count). The van der Waals surface area contributed by atoms with Crippen molar-refractivity contribution in [1.82, 2.24) is 10.2 Å². The highest BCUT2D eigenvalue weighted by Crippen LogP contribution is 2.28. The van der Waals surface area contributed by atoms with Crippen LogP contribution in [0.3, 0.4) is 0 Å². The van der Waals surface area contributed by atoms with Crippen LogP contribution in [0.1, 0.15) is 30.9 Å². The molecule has 0 aromatic heterocycles. The topological polar surface area (TPSA) is 58.6 Å². The Bertz CT molecular complexity index is 509. The number of benzene rings is 1. The normalized spacial score (nSPS) is 14.0. The zero-order valence-electron chi connectivity index (χ0n) is 13.3. The Hall–Kier alpha value is -1.88. The number of nitrogens with zero attached hydrogens (tertiary/aromatic N) is 1. The van der Waals surface area contributed by atoms with E-state index < -0.39 is 5.97 Å². The largest absolute Gasteiger partial charge is 0.468 e. The molecule has 120 valence electrons. The Labute approximate surface area is 131 Å². The van der Waals surface area contributed by atoms with Gasteiger partial charge in [0.15, 0.2) is 0 Å². The number of esters is 1. The third kappa shape index (κ3) is 5.15. The molecule has 1 aromatic carbocycles. The number of hydrogen-bond donors (Lipinski definition) is 1. The minimum Gasteiger partial charge on any atom is -0.468 e. The average Bonchev–Trinajstić information content (AvgIpc) is 3.37. The van der Waals surface area contributed by atoms with Crippen LogP contribution in [0.4, 0.5) is 0 Å². The highest BCUT2D eigenvalue weighted by Gasteiger charge is 2.30. The van der Waals surface area contributed by atoms with Gasteiger partial charge in [-0.2, -0.15) is 0 Å². The standard InChI is InChI=1S/C17H24N2O3/c1-3-13-4-6-14(7-5-13)11-19(15-8-9-15)12-16(20)18-10-17(21)22-2/h4-7,15H,3,8-12H2,1-2H3,(H,18,20). The molecule has 0 heterocycles. The molecule has 0 radical (unpaired) electrons. The van der Waals surface area contributed by atoms with E-state index in [9.17, 15) is 9.59 Å². The van der Waals surface area contributed by atoms with Crippen LogP contribution in [0.25, 0.3) is 0 Å². The van der Waals surface area contributed by atoms with Crippen molar-refractivity contribution in [1.29, 1.82) is 0 Å². The second-order valence-corrected chi connectivity index (χ2v) is 5.66. The fourth-order valence-corrected chi connectivity index (χ4v) is 2.35. The van der Waals surface area contributed by atoms with Crippen molar-refractivity contribution in [3.8, 4) is 0 Å². The summed E-state index contributed by atoms with van der Waals surface area (Å²) < 4.78 is 4.52. The molecule has 5 heteroatoms. The Balaban J connectivity index is 1.86. The first-order chi connectivity index (χ1) is 10.6. The SMILES string of the molecule is CCc1ccc(CN(CC(=O)NCC(=O)OC)C2CC2)cc1. The summed E-state index contributed by atoms with van der Waals surface area (Å²) >= 11 is 0. The zero-order valence-corrected chi connectivity index (χ0v) is 13.3. The fourth-order valence-electron chi connectivity index (χ4n) is 2.35. The summed E-state index contributed by atoms with van der Waals surface area (Å²) in [7, 11) is 1.31. The number of aryl methyl sites for hydroxylation is 1. The van der Waals surface area contributed by atoms with Gasteiger partial charge >= 0.3 is 5.97 Å². The molecule has 0 bridgehead atoms. The highest BCUT2D eigenvalue weighted by atomic mass is 16.5. The van der Waals surface area contributed by atoms with Crippen LogP contribution in [0, 0.1) is 0 Å². The maximum Gasteiger partial charge on any atom is 0.325 e. The van der Waals surface area contributed by atoms with Gasteiger partial charge in [-0.3, -0.25) is 14.5 Å². The number of ether oxygens (including phenoxy) is 1. The third-order valence-electron chi connectivity index (χ3n) is 3.88. The van der Waals surface area contributed by atoms with Gasteiger partial charge < -0.3 is 10.1 Å². The van der Waals surface area contributed by atoms with E-state index in [-0.39, 0.29) is 12.5 Å². The van der Waals surface area contributed by atoms with Crippen LogP contribution in [0.5, 0.6) is 0 Å². The van der Waals surface area contributed by atoms with Crippen molar-refractivity contribution in [2.24, 2.45) is 0 Å². The van der Waals surface area contributed by atoms with E-state index in [1.54, 1.807) is 0 Å². The van der Waals surface area contributed by atoms with Gasteiger partial charge in [0.05, 0.1) is 13.7 Å². The van der Waals surface area contributed by atoms with Crippen LogP contribution in [-0.4, -0.2) is 43.0 Å². The molecule has 1 aliphatic rings. The Morgan fingerprint density at radius 1 is 1.23 bits per heavy atom. The van der Waals surface area contributed by atoms with Gasteiger partial charge in [0.25, 0.3) is 0 Å². The number of amides is 1. The van der Waals surface area contributed by atoms with Gasteiger partial charge in [-0.1, -0.05) is 31.2 Å². The van der Waals surface area contributed by atoms with E-state index in [0.29, 0.717) is 12.6 Å². The zero-order chi connectivity index (χ0) is 15.9. The van der Waals surface area contributed by atoms with E-state index in [2.05, 4.69) is 46.1 Å². The summed E-state index contributed by atoms with van der Waals surface area (Å²) in [5.74, 6) is -0.566. The molecule has 1 fully saturated rings. The number of methoxy groups -OCH3 is 1. The summed E-state index contributed by atoms with van der Waals surface area (Å²) in [5, 5.41) is 2.60. The molecule has 1 saturated carbocycles.